The van der Waals surface area contributed by atoms with Crippen LogP contribution in [-0.4, -0.2) is 12.1 Å². The molecule has 1 heterocycles. The van der Waals surface area contributed by atoms with E-state index in [2.05, 4.69) is 49.9 Å². The fraction of sp³-hybridized carbons (Fsp3) is 0.571. The molecule has 1 heteroatoms. The number of hydrogen-bond donors (Lipinski definition) is 0. The van der Waals surface area contributed by atoms with E-state index in [-0.39, 0.29) is 0 Å². The molecule has 1 aromatic rings. The Morgan fingerprint density at radius 3 is 2.27 bits per heavy atom. The van der Waals surface area contributed by atoms with Gasteiger partial charge in [-0.3, -0.25) is 0 Å². The molecule has 2 rings (SSSR count). The van der Waals surface area contributed by atoms with Crippen molar-refractivity contribution in [3.63, 3.8) is 0 Å². The minimum Gasteiger partial charge on any atom is -0.366 e. The van der Waals surface area contributed by atoms with Gasteiger partial charge >= 0.3 is 0 Å². The first-order valence-electron chi connectivity index (χ1n) is 6.04. The summed E-state index contributed by atoms with van der Waals surface area (Å²) in [5.41, 5.74) is 2.83. The fourth-order valence-electron chi connectivity index (χ4n) is 2.75. The second-order valence-corrected chi connectivity index (χ2v) is 4.82. The highest BCUT2D eigenvalue weighted by Crippen LogP contribution is 2.30. The van der Waals surface area contributed by atoms with Crippen molar-refractivity contribution in [3.05, 3.63) is 29.8 Å². The Morgan fingerprint density at radius 2 is 1.67 bits per heavy atom. The summed E-state index contributed by atoms with van der Waals surface area (Å²) in [6, 6.07) is 10.1. The topological polar surface area (TPSA) is 3.24 Å². The first-order valence-corrected chi connectivity index (χ1v) is 6.04. The normalized spacial score (nSPS) is 26.7. The lowest BCUT2D eigenvalue weighted by Gasteiger charge is -2.41. The average Bonchev–Trinajstić information content (AvgIpc) is 2.20. The van der Waals surface area contributed by atoms with Gasteiger partial charge in [0.25, 0.3) is 0 Å². The second kappa shape index (κ2) is 4.26. The average molecular weight is 203 g/mol. The molecule has 0 spiro atoms. The van der Waals surface area contributed by atoms with Gasteiger partial charge in [-0.05, 0) is 51.7 Å². The molecule has 1 aliphatic heterocycles. The van der Waals surface area contributed by atoms with Crippen molar-refractivity contribution in [3.8, 4) is 0 Å². The maximum atomic E-state index is 2.60. The van der Waals surface area contributed by atoms with E-state index in [1.165, 1.54) is 30.5 Å². The molecule has 82 valence electrons. The van der Waals surface area contributed by atoms with Gasteiger partial charge in [-0.25, -0.2) is 0 Å². The summed E-state index contributed by atoms with van der Waals surface area (Å²) in [6.45, 7) is 6.91. The first kappa shape index (κ1) is 10.5. The zero-order valence-electron chi connectivity index (χ0n) is 10.0. The number of piperidine rings is 1. The molecule has 1 fully saturated rings. The van der Waals surface area contributed by atoms with Crippen LogP contribution in [0.3, 0.4) is 0 Å². The Labute approximate surface area is 93.1 Å². The van der Waals surface area contributed by atoms with Crippen molar-refractivity contribution in [2.75, 3.05) is 4.90 Å². The molecule has 2 unspecified atom stereocenters. The van der Waals surface area contributed by atoms with Crippen molar-refractivity contribution in [1.82, 2.24) is 0 Å². The monoisotopic (exact) mass is 203 g/mol. The molecule has 0 aromatic heterocycles. The van der Waals surface area contributed by atoms with Gasteiger partial charge in [-0.2, -0.15) is 0 Å². The van der Waals surface area contributed by atoms with Gasteiger partial charge in [0.1, 0.15) is 0 Å². The van der Waals surface area contributed by atoms with Crippen LogP contribution in [0, 0.1) is 6.92 Å². The fourth-order valence-corrected chi connectivity index (χ4v) is 2.75. The lowest BCUT2D eigenvalue weighted by Crippen LogP contribution is -2.44. The number of nitrogens with zero attached hydrogens (tertiary/aromatic N) is 1. The molecule has 0 saturated carbocycles. The van der Waals surface area contributed by atoms with Gasteiger partial charge < -0.3 is 4.90 Å². The van der Waals surface area contributed by atoms with E-state index in [0.29, 0.717) is 12.1 Å². The smallest absolute Gasteiger partial charge is 0.0400 e. The quantitative estimate of drug-likeness (QED) is 0.671. The van der Waals surface area contributed by atoms with Crippen LogP contribution in [0.1, 0.15) is 38.7 Å². The Balaban J connectivity index is 2.31. The van der Waals surface area contributed by atoms with Crippen LogP contribution in [0.15, 0.2) is 24.3 Å². The molecular weight excluding hydrogens is 182 g/mol. The van der Waals surface area contributed by atoms with Crippen LogP contribution < -0.4 is 4.90 Å². The number of rotatable bonds is 1. The highest BCUT2D eigenvalue weighted by molar-refractivity contribution is 5.54. The van der Waals surface area contributed by atoms with Crippen molar-refractivity contribution in [2.45, 2.75) is 52.1 Å². The van der Waals surface area contributed by atoms with Crippen molar-refractivity contribution in [1.29, 1.82) is 0 Å². The van der Waals surface area contributed by atoms with Crippen LogP contribution in [0.5, 0.6) is 0 Å². The Hall–Kier alpha value is -0.980. The number of aryl methyl sites for hydroxylation is 1. The zero-order chi connectivity index (χ0) is 10.8. The standard InChI is InChI=1S/C14H21N/c1-11-7-4-5-10-14(11)15-12(2)8-6-9-13(15)3/h4-5,7,10,12-13H,6,8-9H2,1-3H3. The van der Waals surface area contributed by atoms with Gasteiger partial charge in [-0.1, -0.05) is 18.2 Å². The van der Waals surface area contributed by atoms with Gasteiger partial charge in [0.2, 0.25) is 0 Å². The summed E-state index contributed by atoms with van der Waals surface area (Å²) in [7, 11) is 0. The van der Waals surface area contributed by atoms with E-state index < -0.39 is 0 Å². The largest absolute Gasteiger partial charge is 0.366 e. The van der Waals surface area contributed by atoms with Gasteiger partial charge in [0, 0.05) is 17.8 Å². The molecule has 1 aliphatic rings. The SMILES string of the molecule is Cc1ccccc1N1C(C)CCCC1C. The van der Waals surface area contributed by atoms with Crippen molar-refractivity contribution in [2.24, 2.45) is 0 Å². The number of benzene rings is 1. The third-order valence-electron chi connectivity index (χ3n) is 3.59. The lowest BCUT2D eigenvalue weighted by molar-refractivity contribution is 0.414. The third kappa shape index (κ3) is 2.01. The predicted molar refractivity (Wildman–Crippen MR) is 66.4 cm³/mol. The minimum absolute atomic E-state index is 0.690. The number of anilines is 1. The van der Waals surface area contributed by atoms with E-state index in [1.807, 2.05) is 0 Å². The summed E-state index contributed by atoms with van der Waals surface area (Å²) >= 11 is 0. The zero-order valence-corrected chi connectivity index (χ0v) is 10.0. The molecule has 0 radical (unpaired) electrons. The first-order chi connectivity index (χ1) is 7.20. The molecule has 0 bridgehead atoms. The van der Waals surface area contributed by atoms with Crippen molar-refractivity contribution < 1.29 is 0 Å². The molecule has 0 amide bonds. The van der Waals surface area contributed by atoms with Crippen LogP contribution in [-0.2, 0) is 0 Å². The molecule has 1 saturated heterocycles. The van der Waals surface area contributed by atoms with Crippen LogP contribution in [0.4, 0.5) is 5.69 Å². The molecule has 0 aliphatic carbocycles. The molecular formula is C14H21N. The minimum atomic E-state index is 0.690. The van der Waals surface area contributed by atoms with E-state index in [1.54, 1.807) is 0 Å². The summed E-state index contributed by atoms with van der Waals surface area (Å²) in [4.78, 5) is 2.60. The molecule has 1 aromatic carbocycles. The molecule has 2 atom stereocenters. The predicted octanol–water partition coefficient (Wildman–Crippen LogP) is 3.76. The van der Waals surface area contributed by atoms with Gasteiger partial charge in [0.15, 0.2) is 0 Å². The number of hydrogen-bond acceptors (Lipinski definition) is 1. The third-order valence-corrected chi connectivity index (χ3v) is 3.59. The Morgan fingerprint density at radius 1 is 1.07 bits per heavy atom. The van der Waals surface area contributed by atoms with Crippen molar-refractivity contribution >= 4 is 5.69 Å². The number of para-hydroxylation sites is 1. The van der Waals surface area contributed by atoms with E-state index in [9.17, 15) is 0 Å². The van der Waals surface area contributed by atoms with Gasteiger partial charge in [-0.15, -0.1) is 0 Å². The van der Waals surface area contributed by atoms with Gasteiger partial charge in [0.05, 0.1) is 0 Å². The Bertz CT molecular complexity index is 322. The Kier molecular flexibility index (Phi) is 2.99. The summed E-state index contributed by atoms with van der Waals surface area (Å²) in [5, 5.41) is 0. The highest BCUT2D eigenvalue weighted by atomic mass is 15.2. The van der Waals surface area contributed by atoms with E-state index in [4.69, 9.17) is 0 Å². The summed E-state index contributed by atoms with van der Waals surface area (Å²) < 4.78 is 0. The summed E-state index contributed by atoms with van der Waals surface area (Å²) in [5.74, 6) is 0. The van der Waals surface area contributed by atoms with Crippen LogP contribution in [0.2, 0.25) is 0 Å². The maximum absolute atomic E-state index is 2.60. The molecule has 15 heavy (non-hydrogen) atoms. The molecule has 0 N–H and O–H groups in total. The van der Waals surface area contributed by atoms with Crippen LogP contribution in [0.25, 0.3) is 0 Å². The lowest BCUT2D eigenvalue weighted by atomic mass is 9.96. The highest BCUT2D eigenvalue weighted by Gasteiger charge is 2.25. The van der Waals surface area contributed by atoms with Crippen LogP contribution >= 0.6 is 0 Å². The van der Waals surface area contributed by atoms with E-state index in [0.717, 1.165) is 0 Å². The van der Waals surface area contributed by atoms with E-state index >= 15 is 0 Å². The molecule has 1 nitrogen and oxygen atoms in total. The maximum Gasteiger partial charge on any atom is 0.0400 e. The summed E-state index contributed by atoms with van der Waals surface area (Å²) in [6.07, 6.45) is 4.04. The second-order valence-electron chi connectivity index (χ2n) is 4.82.